The minimum Gasteiger partial charge on any atom is -0.444 e. The van der Waals surface area contributed by atoms with Gasteiger partial charge in [0, 0.05) is 12.5 Å². The summed E-state index contributed by atoms with van der Waals surface area (Å²) in [5.74, 6) is -2.31. The molecule has 1 aromatic carbocycles. The summed E-state index contributed by atoms with van der Waals surface area (Å²) in [5, 5.41) is 5.82. The molecule has 1 aromatic rings. The van der Waals surface area contributed by atoms with Gasteiger partial charge >= 0.3 is 16.3 Å². The van der Waals surface area contributed by atoms with Crippen LogP contribution in [0.2, 0.25) is 10.0 Å². The first-order valence-corrected chi connectivity index (χ1v) is 16.9. The first kappa shape index (κ1) is 33.9. The van der Waals surface area contributed by atoms with Crippen LogP contribution in [0.1, 0.15) is 72.1 Å². The molecule has 1 saturated heterocycles. The van der Waals surface area contributed by atoms with Gasteiger partial charge in [-0.05, 0) is 77.5 Å². The number of nitrogens with zero attached hydrogens (tertiary/aromatic N) is 1. The van der Waals surface area contributed by atoms with Gasteiger partial charge in [-0.1, -0.05) is 48.2 Å². The van der Waals surface area contributed by atoms with E-state index in [4.69, 9.17) is 27.9 Å². The Kier molecular flexibility index (Phi) is 10.4. The zero-order chi connectivity index (χ0) is 32.3. The first-order valence-electron chi connectivity index (χ1n) is 14.7. The maximum Gasteiger partial charge on any atom is 0.408 e. The van der Waals surface area contributed by atoms with Crippen LogP contribution in [0.15, 0.2) is 30.4 Å². The molecule has 15 heteroatoms. The van der Waals surface area contributed by atoms with Crippen molar-refractivity contribution in [2.24, 2.45) is 5.92 Å². The average molecular weight is 673 g/mol. The molecule has 0 aromatic heterocycles. The van der Waals surface area contributed by atoms with Gasteiger partial charge in [0.05, 0.1) is 15.7 Å². The summed E-state index contributed by atoms with van der Waals surface area (Å²) < 4.78 is 35.4. The second kappa shape index (κ2) is 13.5. The molecule has 0 radical (unpaired) electrons. The normalized spacial score (nSPS) is 27.0. The fourth-order valence-corrected chi connectivity index (χ4v) is 6.71. The van der Waals surface area contributed by atoms with Gasteiger partial charge in [-0.25, -0.2) is 9.52 Å². The van der Waals surface area contributed by atoms with Crippen molar-refractivity contribution >= 4 is 62.9 Å². The third kappa shape index (κ3) is 8.57. The van der Waals surface area contributed by atoms with Gasteiger partial charge in [0.15, 0.2) is 0 Å². The first-order chi connectivity index (χ1) is 20.6. The maximum absolute atomic E-state index is 13.7. The third-order valence-electron chi connectivity index (χ3n) is 7.72. The maximum atomic E-state index is 13.7. The number of hydrogen-bond acceptors (Lipinski definition) is 7. The van der Waals surface area contributed by atoms with E-state index in [9.17, 15) is 27.6 Å². The van der Waals surface area contributed by atoms with E-state index in [0.717, 1.165) is 12.8 Å². The average Bonchev–Trinajstić information content (AvgIpc) is 3.37. The van der Waals surface area contributed by atoms with Gasteiger partial charge in [0.2, 0.25) is 11.8 Å². The van der Waals surface area contributed by atoms with Crippen molar-refractivity contribution in [3.63, 3.8) is 0 Å². The van der Waals surface area contributed by atoms with Crippen molar-refractivity contribution in [1.82, 2.24) is 20.3 Å². The molecular formula is C29H39Cl2N5O7S. The number of benzene rings is 1. The largest absolute Gasteiger partial charge is 0.444 e. The topological polar surface area (TPSA) is 163 Å². The molecule has 242 valence electrons. The molecule has 2 aliphatic heterocycles. The summed E-state index contributed by atoms with van der Waals surface area (Å²) in [6, 6.07) is 2.32. The van der Waals surface area contributed by atoms with Crippen LogP contribution in [-0.4, -0.2) is 66.9 Å². The lowest BCUT2D eigenvalue weighted by Gasteiger charge is -2.30. The van der Waals surface area contributed by atoms with Crippen LogP contribution in [-0.2, 0) is 29.3 Å². The molecule has 0 spiro atoms. The standard InChI is InChI=1S/C29H39Cl2N5O7S/c1-28(2,3)43-27(40)32-22-11-8-6-4-5-7-10-18-17-29(18,33-24(37)23-12-9-15-36(23)25(22)38)26(39)35-44(41,42)34-19-13-14-20(30)21(31)16-19/h7,10,13-14,16,18,22-23,34H,4-6,8-9,11-12,15,17H2,1-3H3,(H,32,40)(H,33,37)(H,35,39)/b10-7-/t18-,22+,23+,29-/m1/s1. The lowest BCUT2D eigenvalue weighted by Crippen LogP contribution is -2.58. The molecule has 4 amide bonds. The van der Waals surface area contributed by atoms with Crippen molar-refractivity contribution in [1.29, 1.82) is 0 Å². The van der Waals surface area contributed by atoms with Crippen molar-refractivity contribution < 1.29 is 32.3 Å². The number of allylic oxidation sites excluding steroid dienone is 1. The highest BCUT2D eigenvalue weighted by atomic mass is 35.5. The second-order valence-corrected chi connectivity index (χ2v) is 14.6. The van der Waals surface area contributed by atoms with Gasteiger partial charge in [-0.3, -0.25) is 19.1 Å². The molecule has 2 heterocycles. The highest BCUT2D eigenvalue weighted by Gasteiger charge is 2.61. The molecule has 4 N–H and O–H groups in total. The van der Waals surface area contributed by atoms with E-state index in [1.165, 1.54) is 23.1 Å². The minimum atomic E-state index is -4.41. The Morgan fingerprint density at radius 1 is 1.07 bits per heavy atom. The van der Waals surface area contributed by atoms with E-state index in [-0.39, 0.29) is 22.2 Å². The Morgan fingerprint density at radius 3 is 2.52 bits per heavy atom. The molecule has 4 atom stereocenters. The predicted molar refractivity (Wildman–Crippen MR) is 166 cm³/mol. The predicted octanol–water partition coefficient (Wildman–Crippen LogP) is 4.05. The highest BCUT2D eigenvalue weighted by Crippen LogP contribution is 2.45. The lowest BCUT2D eigenvalue weighted by atomic mass is 10.0. The van der Waals surface area contributed by atoms with E-state index >= 15 is 0 Å². The van der Waals surface area contributed by atoms with Gasteiger partial charge in [0.1, 0.15) is 23.2 Å². The van der Waals surface area contributed by atoms with E-state index in [1.807, 2.05) is 16.9 Å². The zero-order valence-corrected chi connectivity index (χ0v) is 27.3. The van der Waals surface area contributed by atoms with Crippen molar-refractivity contribution in [2.75, 3.05) is 11.3 Å². The Balaban J connectivity index is 1.53. The molecule has 0 bridgehead atoms. The summed E-state index contributed by atoms with van der Waals surface area (Å²) in [6.07, 6.45) is 7.44. The van der Waals surface area contributed by atoms with Crippen molar-refractivity contribution in [2.45, 2.75) is 95.4 Å². The second-order valence-electron chi connectivity index (χ2n) is 12.4. The van der Waals surface area contributed by atoms with Crippen molar-refractivity contribution in [3.8, 4) is 0 Å². The van der Waals surface area contributed by atoms with Crippen LogP contribution >= 0.6 is 23.2 Å². The summed E-state index contributed by atoms with van der Waals surface area (Å²) >= 11 is 11.9. The van der Waals surface area contributed by atoms with E-state index in [2.05, 4.69) is 15.4 Å². The number of carbonyl (C=O) groups excluding carboxylic acids is 4. The number of nitrogens with one attached hydrogen (secondary N) is 4. The third-order valence-corrected chi connectivity index (χ3v) is 9.42. The smallest absolute Gasteiger partial charge is 0.408 e. The molecule has 12 nitrogen and oxygen atoms in total. The van der Waals surface area contributed by atoms with Crippen LogP contribution in [0.3, 0.4) is 0 Å². The van der Waals surface area contributed by atoms with Crippen LogP contribution in [0.4, 0.5) is 10.5 Å². The minimum absolute atomic E-state index is 0.0882. The number of ether oxygens (including phenoxy) is 1. The zero-order valence-electron chi connectivity index (χ0n) is 25.0. The Hall–Kier alpha value is -3.03. The fraction of sp³-hybridized carbons (Fsp3) is 0.586. The summed E-state index contributed by atoms with van der Waals surface area (Å²) in [7, 11) is -4.41. The number of carbonyl (C=O) groups is 4. The molecule has 2 fully saturated rings. The number of anilines is 1. The molecule has 44 heavy (non-hydrogen) atoms. The van der Waals surface area contributed by atoms with Gasteiger partial charge in [-0.2, -0.15) is 8.42 Å². The highest BCUT2D eigenvalue weighted by molar-refractivity contribution is 7.91. The number of halogens is 2. The SMILES string of the molecule is CC(C)(C)OC(=O)N[C@H]1CCCCC/C=C\[C@@H]2C[C@@]2(C(=O)NS(=O)(=O)Nc2ccc(Cl)c(Cl)c2)NC(=O)[C@@H]2CCCN2C1=O. The lowest BCUT2D eigenvalue weighted by molar-refractivity contribution is -0.141. The van der Waals surface area contributed by atoms with Crippen LogP contribution in [0, 0.1) is 5.92 Å². The summed E-state index contributed by atoms with van der Waals surface area (Å²) in [5.41, 5.74) is -2.19. The number of rotatable bonds is 5. The Bertz CT molecular complexity index is 1430. The van der Waals surface area contributed by atoms with E-state index in [0.29, 0.717) is 38.6 Å². The molecular weight excluding hydrogens is 633 g/mol. The van der Waals surface area contributed by atoms with Crippen molar-refractivity contribution in [3.05, 3.63) is 40.4 Å². The van der Waals surface area contributed by atoms with E-state index < -0.39 is 63.2 Å². The number of fused-ring (bicyclic) bond motifs is 2. The van der Waals surface area contributed by atoms with Gasteiger partial charge in [-0.15, -0.1) is 0 Å². The molecule has 1 saturated carbocycles. The fourth-order valence-electron chi connectivity index (χ4n) is 5.50. The summed E-state index contributed by atoms with van der Waals surface area (Å²) in [6.45, 7) is 5.48. The molecule has 4 rings (SSSR count). The molecule has 0 unspecified atom stereocenters. The number of alkyl carbamates (subject to hydrolysis) is 1. The molecule has 1 aliphatic carbocycles. The number of hydrogen-bond donors (Lipinski definition) is 4. The Morgan fingerprint density at radius 2 is 1.82 bits per heavy atom. The number of amides is 4. The monoisotopic (exact) mass is 671 g/mol. The van der Waals surface area contributed by atoms with Gasteiger partial charge < -0.3 is 20.3 Å². The van der Waals surface area contributed by atoms with Crippen LogP contribution < -0.4 is 20.1 Å². The Labute approximate surface area is 267 Å². The van der Waals surface area contributed by atoms with Crippen LogP contribution in [0.25, 0.3) is 0 Å². The molecule has 3 aliphatic rings. The quantitative estimate of drug-likeness (QED) is 0.343. The van der Waals surface area contributed by atoms with Crippen LogP contribution in [0.5, 0.6) is 0 Å². The van der Waals surface area contributed by atoms with E-state index in [1.54, 1.807) is 20.8 Å². The summed E-state index contributed by atoms with van der Waals surface area (Å²) in [4.78, 5) is 54.9. The van der Waals surface area contributed by atoms with Gasteiger partial charge in [0.25, 0.3) is 5.91 Å².